The molecule has 13 heavy (non-hydrogen) atoms. The SMILES string of the molecule is O=S(=O)([O-])Nc1ccccc1Br.[Na+]. The van der Waals surface area contributed by atoms with Crippen molar-refractivity contribution in [3.63, 3.8) is 0 Å². The number of nitrogens with one attached hydrogen (secondary N) is 1. The molecule has 0 aliphatic heterocycles. The predicted octanol–water partition coefficient (Wildman–Crippen LogP) is -1.67. The van der Waals surface area contributed by atoms with Crippen LogP contribution in [0.25, 0.3) is 0 Å². The van der Waals surface area contributed by atoms with Crippen molar-refractivity contribution in [2.24, 2.45) is 0 Å². The Morgan fingerprint density at radius 1 is 1.31 bits per heavy atom. The summed E-state index contributed by atoms with van der Waals surface area (Å²) in [5.74, 6) is 0. The number of hydrogen-bond donors (Lipinski definition) is 1. The number of rotatable bonds is 2. The van der Waals surface area contributed by atoms with Crippen molar-refractivity contribution in [1.82, 2.24) is 0 Å². The number of benzene rings is 1. The van der Waals surface area contributed by atoms with Crippen LogP contribution in [-0.4, -0.2) is 13.0 Å². The van der Waals surface area contributed by atoms with Crippen LogP contribution >= 0.6 is 15.9 Å². The third-order valence-corrected chi connectivity index (χ3v) is 2.27. The fourth-order valence-electron chi connectivity index (χ4n) is 0.679. The molecule has 0 aliphatic carbocycles. The minimum Gasteiger partial charge on any atom is -0.731 e. The van der Waals surface area contributed by atoms with Crippen molar-refractivity contribution in [2.75, 3.05) is 4.72 Å². The van der Waals surface area contributed by atoms with Gasteiger partial charge < -0.3 is 4.55 Å². The first-order valence-electron chi connectivity index (χ1n) is 2.97. The maximum atomic E-state index is 10.3. The van der Waals surface area contributed by atoms with Crippen LogP contribution in [0, 0.1) is 0 Å². The molecule has 0 radical (unpaired) electrons. The maximum absolute atomic E-state index is 10.3. The van der Waals surface area contributed by atoms with Gasteiger partial charge in [0.25, 0.3) is 0 Å². The predicted molar refractivity (Wildman–Crippen MR) is 47.5 cm³/mol. The first-order valence-corrected chi connectivity index (χ1v) is 5.17. The van der Waals surface area contributed by atoms with E-state index in [1.54, 1.807) is 18.2 Å². The van der Waals surface area contributed by atoms with E-state index in [4.69, 9.17) is 0 Å². The molecule has 0 aliphatic rings. The van der Waals surface area contributed by atoms with Crippen LogP contribution in [0.3, 0.4) is 0 Å². The molecule has 0 saturated carbocycles. The van der Waals surface area contributed by atoms with E-state index in [0.29, 0.717) is 4.47 Å². The summed E-state index contributed by atoms with van der Waals surface area (Å²) in [5, 5.41) is 0. The summed E-state index contributed by atoms with van der Waals surface area (Å²) in [4.78, 5) is 0. The van der Waals surface area contributed by atoms with Crippen LogP contribution in [0.2, 0.25) is 0 Å². The molecule has 0 aromatic heterocycles. The molecule has 0 saturated heterocycles. The van der Waals surface area contributed by atoms with Crippen molar-refractivity contribution in [1.29, 1.82) is 0 Å². The molecule has 1 aromatic carbocycles. The second-order valence-corrected chi connectivity index (χ2v) is 4.00. The second-order valence-electron chi connectivity index (χ2n) is 2.04. The van der Waals surface area contributed by atoms with Gasteiger partial charge in [0.05, 0.1) is 5.69 Å². The molecule has 7 heteroatoms. The van der Waals surface area contributed by atoms with E-state index in [1.807, 2.05) is 4.72 Å². The topological polar surface area (TPSA) is 69.2 Å². The Bertz CT molecular complexity index is 381. The average molecular weight is 274 g/mol. The molecule has 0 fully saturated rings. The van der Waals surface area contributed by atoms with Crippen LogP contribution in [0.1, 0.15) is 0 Å². The molecule has 0 amide bonds. The first-order chi connectivity index (χ1) is 5.49. The zero-order chi connectivity index (χ0) is 9.19. The Hall–Kier alpha value is 0.410. The Kier molecular flexibility index (Phi) is 5.50. The summed E-state index contributed by atoms with van der Waals surface area (Å²) >= 11 is 3.08. The number of halogens is 1. The zero-order valence-corrected chi connectivity index (χ0v) is 11.2. The molecule has 0 spiro atoms. The number of para-hydroxylation sites is 1. The summed E-state index contributed by atoms with van der Waals surface area (Å²) in [6.45, 7) is 0. The minimum atomic E-state index is -4.43. The van der Waals surface area contributed by atoms with E-state index in [9.17, 15) is 13.0 Å². The normalized spacial score (nSPS) is 10.3. The summed E-state index contributed by atoms with van der Waals surface area (Å²) < 4.78 is 33.1. The largest absolute Gasteiger partial charge is 1.00 e. The van der Waals surface area contributed by atoms with Gasteiger partial charge in [0.2, 0.25) is 0 Å². The van der Waals surface area contributed by atoms with E-state index in [2.05, 4.69) is 15.9 Å². The Morgan fingerprint density at radius 2 is 1.85 bits per heavy atom. The van der Waals surface area contributed by atoms with Gasteiger partial charge >= 0.3 is 29.6 Å². The van der Waals surface area contributed by atoms with Crippen molar-refractivity contribution < 1.29 is 42.5 Å². The van der Waals surface area contributed by atoms with E-state index in [1.165, 1.54) is 6.07 Å². The van der Waals surface area contributed by atoms with Gasteiger partial charge in [-0.1, -0.05) is 12.1 Å². The van der Waals surface area contributed by atoms with Crippen molar-refractivity contribution in [3.05, 3.63) is 28.7 Å². The van der Waals surface area contributed by atoms with Gasteiger partial charge in [-0.15, -0.1) is 0 Å². The molecular weight excluding hydrogens is 269 g/mol. The molecule has 0 heterocycles. The zero-order valence-electron chi connectivity index (χ0n) is 6.82. The minimum absolute atomic E-state index is 0. The molecule has 4 nitrogen and oxygen atoms in total. The van der Waals surface area contributed by atoms with Crippen LogP contribution in [0.4, 0.5) is 5.69 Å². The number of hydrogen-bond acceptors (Lipinski definition) is 3. The molecule has 1 N–H and O–H groups in total. The van der Waals surface area contributed by atoms with Gasteiger partial charge in [-0.3, -0.25) is 4.72 Å². The fourth-order valence-corrected chi connectivity index (χ4v) is 1.64. The summed E-state index contributed by atoms with van der Waals surface area (Å²) in [6, 6.07) is 6.46. The van der Waals surface area contributed by atoms with Crippen LogP contribution in [0.15, 0.2) is 28.7 Å². The standard InChI is InChI=1S/C6H6BrNO3S.Na/c7-5-3-1-2-4-6(5)8-12(9,10)11;/h1-4,8H,(H,9,10,11);/q;+1/p-1. The molecule has 0 bridgehead atoms. The average Bonchev–Trinajstić information content (AvgIpc) is 1.91. The summed E-state index contributed by atoms with van der Waals surface area (Å²) in [5.41, 5.74) is 0.243. The van der Waals surface area contributed by atoms with E-state index in [-0.39, 0.29) is 35.2 Å². The molecule has 1 rings (SSSR count). The second kappa shape index (κ2) is 5.33. The molecule has 66 valence electrons. The molecule has 0 atom stereocenters. The van der Waals surface area contributed by atoms with Crippen molar-refractivity contribution in [3.8, 4) is 0 Å². The van der Waals surface area contributed by atoms with E-state index >= 15 is 0 Å². The third-order valence-electron chi connectivity index (χ3n) is 1.11. The fraction of sp³-hybridized carbons (Fsp3) is 0. The number of anilines is 1. The van der Waals surface area contributed by atoms with Gasteiger partial charge in [-0.05, 0) is 28.1 Å². The Morgan fingerprint density at radius 3 is 2.31 bits per heavy atom. The van der Waals surface area contributed by atoms with Crippen LogP contribution in [-0.2, 0) is 10.3 Å². The Labute approximate surface area is 107 Å². The third kappa shape index (κ3) is 4.99. The van der Waals surface area contributed by atoms with Crippen molar-refractivity contribution in [2.45, 2.75) is 0 Å². The van der Waals surface area contributed by atoms with Gasteiger partial charge in [0.15, 0.2) is 10.3 Å². The molecule has 0 unspecified atom stereocenters. The monoisotopic (exact) mass is 273 g/mol. The first kappa shape index (κ1) is 13.4. The van der Waals surface area contributed by atoms with Gasteiger partial charge in [-0.25, -0.2) is 8.42 Å². The van der Waals surface area contributed by atoms with Crippen LogP contribution < -0.4 is 34.3 Å². The van der Waals surface area contributed by atoms with Crippen molar-refractivity contribution >= 4 is 31.9 Å². The van der Waals surface area contributed by atoms with Gasteiger partial charge in [-0.2, -0.15) is 0 Å². The Balaban J connectivity index is 0.00000144. The van der Waals surface area contributed by atoms with Gasteiger partial charge in [0.1, 0.15) is 0 Å². The summed E-state index contributed by atoms with van der Waals surface area (Å²) in [6.07, 6.45) is 0. The quantitative estimate of drug-likeness (QED) is 0.517. The summed E-state index contributed by atoms with van der Waals surface area (Å²) in [7, 11) is -4.43. The maximum Gasteiger partial charge on any atom is 1.00 e. The van der Waals surface area contributed by atoms with E-state index < -0.39 is 10.3 Å². The van der Waals surface area contributed by atoms with E-state index in [0.717, 1.165) is 0 Å². The smallest absolute Gasteiger partial charge is 0.731 e. The molecular formula is C6H5BrNNaO3S. The molecule has 1 aromatic rings. The van der Waals surface area contributed by atoms with Gasteiger partial charge in [0, 0.05) is 4.47 Å². The van der Waals surface area contributed by atoms with Crippen LogP contribution in [0.5, 0.6) is 0 Å².